The van der Waals surface area contributed by atoms with Gasteiger partial charge in [0.25, 0.3) is 0 Å². The molecule has 2 aromatic rings. The van der Waals surface area contributed by atoms with E-state index >= 15 is 0 Å². The lowest BCUT2D eigenvalue weighted by molar-refractivity contribution is 0.231. The van der Waals surface area contributed by atoms with Gasteiger partial charge < -0.3 is 15.8 Å². The van der Waals surface area contributed by atoms with Crippen molar-refractivity contribution in [3.05, 3.63) is 47.0 Å². The van der Waals surface area contributed by atoms with Crippen LogP contribution in [0.5, 0.6) is 5.75 Å². The lowest BCUT2D eigenvalue weighted by atomic mass is 10.2. The zero-order valence-corrected chi connectivity index (χ0v) is 12.3. The van der Waals surface area contributed by atoms with Gasteiger partial charge in [0.1, 0.15) is 5.82 Å². The van der Waals surface area contributed by atoms with Crippen molar-refractivity contribution in [2.24, 2.45) is 0 Å². The number of nitrogens with one attached hydrogen (secondary N) is 1. The average molecular weight is 313 g/mol. The highest BCUT2D eigenvalue weighted by atomic mass is 35.5. The number of anilines is 3. The Balaban J connectivity index is 2.37. The number of hydrogen-bond acceptors (Lipinski definition) is 3. The Morgan fingerprint density at radius 3 is 2.48 bits per heavy atom. The minimum Gasteiger partial charge on any atom is -0.488 e. The molecule has 0 aliphatic heterocycles. The summed E-state index contributed by atoms with van der Waals surface area (Å²) in [6.45, 7) is 3.55. The summed E-state index contributed by atoms with van der Waals surface area (Å²) in [7, 11) is 0. The van der Waals surface area contributed by atoms with E-state index in [-0.39, 0.29) is 23.2 Å². The van der Waals surface area contributed by atoms with Gasteiger partial charge in [-0.2, -0.15) is 0 Å². The molecule has 0 radical (unpaired) electrons. The fraction of sp³-hybridized carbons (Fsp3) is 0.200. The molecule has 3 nitrogen and oxygen atoms in total. The molecule has 0 heterocycles. The zero-order valence-electron chi connectivity index (χ0n) is 11.6. The molecular weight excluding hydrogens is 298 g/mol. The van der Waals surface area contributed by atoms with Crippen molar-refractivity contribution in [3.63, 3.8) is 0 Å². The Hall–Kier alpha value is -2.01. The second kappa shape index (κ2) is 6.18. The number of nitrogen functional groups attached to an aromatic ring is 1. The van der Waals surface area contributed by atoms with Gasteiger partial charge >= 0.3 is 0 Å². The van der Waals surface area contributed by atoms with E-state index in [2.05, 4.69) is 5.32 Å². The van der Waals surface area contributed by atoms with Crippen molar-refractivity contribution in [2.75, 3.05) is 11.1 Å². The monoisotopic (exact) mass is 312 g/mol. The SMILES string of the molecule is CC(C)Oc1cc(Nc2cc(Cl)ccc2F)c(N)cc1F. The lowest BCUT2D eigenvalue weighted by Gasteiger charge is -2.15. The highest BCUT2D eigenvalue weighted by molar-refractivity contribution is 6.30. The fourth-order valence-corrected chi connectivity index (χ4v) is 1.93. The third-order valence-corrected chi connectivity index (χ3v) is 2.90. The average Bonchev–Trinajstić information content (AvgIpc) is 2.39. The standard InChI is InChI=1S/C15H15ClF2N2O/c1-8(2)21-15-7-14(12(19)6-11(15)18)20-13-5-9(16)3-4-10(13)17/h3-8,20H,19H2,1-2H3. The first-order valence-corrected chi connectivity index (χ1v) is 6.72. The second-order valence-corrected chi connectivity index (χ2v) is 5.22. The molecule has 2 rings (SSSR count). The van der Waals surface area contributed by atoms with Gasteiger partial charge in [-0.25, -0.2) is 8.78 Å². The van der Waals surface area contributed by atoms with Crippen LogP contribution < -0.4 is 15.8 Å². The van der Waals surface area contributed by atoms with E-state index in [0.717, 1.165) is 6.07 Å². The van der Waals surface area contributed by atoms with Gasteiger partial charge in [0.05, 0.1) is 23.2 Å². The third-order valence-electron chi connectivity index (χ3n) is 2.66. The first kappa shape index (κ1) is 15.4. The Morgan fingerprint density at radius 1 is 1.10 bits per heavy atom. The van der Waals surface area contributed by atoms with Gasteiger partial charge in [0.15, 0.2) is 11.6 Å². The Labute approximate surface area is 126 Å². The molecule has 0 atom stereocenters. The van der Waals surface area contributed by atoms with Crippen molar-refractivity contribution in [3.8, 4) is 5.75 Å². The number of nitrogens with two attached hydrogens (primary N) is 1. The predicted molar refractivity (Wildman–Crippen MR) is 81.3 cm³/mol. The summed E-state index contributed by atoms with van der Waals surface area (Å²) in [6, 6.07) is 6.61. The Bertz CT molecular complexity index is 662. The molecule has 0 aliphatic carbocycles. The first-order chi connectivity index (χ1) is 9.86. The zero-order chi connectivity index (χ0) is 15.6. The lowest BCUT2D eigenvalue weighted by Crippen LogP contribution is -2.08. The normalized spacial score (nSPS) is 10.8. The maximum atomic E-state index is 13.7. The number of hydrogen-bond donors (Lipinski definition) is 2. The molecular formula is C15H15ClF2N2O. The van der Waals surface area contributed by atoms with Crippen LogP contribution in [0, 0.1) is 11.6 Å². The van der Waals surface area contributed by atoms with Crippen molar-refractivity contribution in [1.82, 2.24) is 0 Å². The largest absolute Gasteiger partial charge is 0.488 e. The topological polar surface area (TPSA) is 47.3 Å². The molecule has 2 aromatic carbocycles. The molecule has 0 aliphatic rings. The van der Waals surface area contributed by atoms with Gasteiger partial charge in [-0.3, -0.25) is 0 Å². The summed E-state index contributed by atoms with van der Waals surface area (Å²) < 4.78 is 32.8. The second-order valence-electron chi connectivity index (χ2n) is 4.79. The molecule has 0 spiro atoms. The van der Waals surface area contributed by atoms with Crippen LogP contribution in [-0.4, -0.2) is 6.10 Å². The Kier molecular flexibility index (Phi) is 4.53. The van der Waals surface area contributed by atoms with Crippen LogP contribution in [0.3, 0.4) is 0 Å². The maximum Gasteiger partial charge on any atom is 0.167 e. The predicted octanol–water partition coefficient (Wildman–Crippen LogP) is 4.73. The molecule has 0 bridgehead atoms. The van der Waals surface area contributed by atoms with E-state index in [1.165, 1.54) is 24.3 Å². The molecule has 0 amide bonds. The number of rotatable bonds is 4. The fourth-order valence-electron chi connectivity index (χ4n) is 1.76. The molecule has 0 saturated heterocycles. The minimum atomic E-state index is -0.571. The summed E-state index contributed by atoms with van der Waals surface area (Å²) in [4.78, 5) is 0. The van der Waals surface area contributed by atoms with Crippen LogP contribution in [0.15, 0.2) is 30.3 Å². The maximum absolute atomic E-state index is 13.7. The number of benzene rings is 2. The van der Waals surface area contributed by atoms with Gasteiger partial charge in [-0.1, -0.05) is 11.6 Å². The number of ether oxygens (including phenoxy) is 1. The summed E-state index contributed by atoms with van der Waals surface area (Å²) in [6.07, 6.45) is -0.195. The van der Waals surface area contributed by atoms with Crippen molar-refractivity contribution in [2.45, 2.75) is 20.0 Å². The molecule has 0 fully saturated rings. The van der Waals surface area contributed by atoms with Crippen LogP contribution in [0.25, 0.3) is 0 Å². The highest BCUT2D eigenvalue weighted by Gasteiger charge is 2.12. The summed E-state index contributed by atoms with van der Waals surface area (Å²) >= 11 is 5.83. The van der Waals surface area contributed by atoms with Crippen molar-refractivity contribution >= 4 is 28.7 Å². The summed E-state index contributed by atoms with van der Waals surface area (Å²) in [5, 5.41) is 3.16. The smallest absolute Gasteiger partial charge is 0.167 e. The van der Waals surface area contributed by atoms with Crippen LogP contribution >= 0.6 is 11.6 Å². The van der Waals surface area contributed by atoms with Crippen LogP contribution in [0.1, 0.15) is 13.8 Å². The van der Waals surface area contributed by atoms with Crippen LogP contribution in [0.2, 0.25) is 5.02 Å². The van der Waals surface area contributed by atoms with E-state index in [1.54, 1.807) is 13.8 Å². The van der Waals surface area contributed by atoms with E-state index < -0.39 is 11.6 Å². The number of halogens is 3. The van der Waals surface area contributed by atoms with Gasteiger partial charge in [-0.15, -0.1) is 0 Å². The van der Waals surface area contributed by atoms with Gasteiger partial charge in [-0.05, 0) is 32.0 Å². The van der Waals surface area contributed by atoms with Crippen molar-refractivity contribution < 1.29 is 13.5 Å². The van der Waals surface area contributed by atoms with E-state index in [9.17, 15) is 8.78 Å². The first-order valence-electron chi connectivity index (χ1n) is 6.34. The molecule has 3 N–H and O–H groups in total. The van der Waals surface area contributed by atoms with E-state index in [0.29, 0.717) is 10.7 Å². The molecule has 21 heavy (non-hydrogen) atoms. The molecule has 0 aromatic heterocycles. The summed E-state index contributed by atoms with van der Waals surface area (Å²) in [5.74, 6) is -1.02. The van der Waals surface area contributed by atoms with E-state index in [4.69, 9.17) is 22.1 Å². The quantitative estimate of drug-likeness (QED) is 0.802. The van der Waals surface area contributed by atoms with Gasteiger partial charge in [0.2, 0.25) is 0 Å². The van der Waals surface area contributed by atoms with E-state index in [1.807, 2.05) is 0 Å². The highest BCUT2D eigenvalue weighted by Crippen LogP contribution is 2.32. The minimum absolute atomic E-state index is 0.0455. The van der Waals surface area contributed by atoms with Gasteiger partial charge in [0, 0.05) is 17.2 Å². The Morgan fingerprint density at radius 2 is 1.81 bits per heavy atom. The molecule has 112 valence electrons. The molecule has 6 heteroatoms. The molecule has 0 unspecified atom stereocenters. The van der Waals surface area contributed by atoms with Crippen LogP contribution in [0.4, 0.5) is 25.8 Å². The van der Waals surface area contributed by atoms with Crippen molar-refractivity contribution in [1.29, 1.82) is 0 Å². The summed E-state index contributed by atoms with van der Waals surface area (Å²) in [5.41, 5.74) is 6.38. The third kappa shape index (κ3) is 3.76. The van der Waals surface area contributed by atoms with Crippen LogP contribution in [-0.2, 0) is 0 Å². The molecule has 0 saturated carbocycles.